The van der Waals surface area contributed by atoms with Gasteiger partial charge in [-0.3, -0.25) is 4.79 Å². The highest BCUT2D eigenvalue weighted by Crippen LogP contribution is 2.26. The number of amides is 1. The number of hydrogen-bond acceptors (Lipinski definition) is 4. The molecule has 0 bridgehead atoms. The van der Waals surface area contributed by atoms with Gasteiger partial charge in [0.2, 0.25) is 5.91 Å². The van der Waals surface area contributed by atoms with Crippen LogP contribution in [0.2, 0.25) is 0 Å². The molecule has 0 fully saturated rings. The second-order valence-electron chi connectivity index (χ2n) is 6.17. The second-order valence-corrected chi connectivity index (χ2v) is 6.17. The van der Waals surface area contributed by atoms with Crippen LogP contribution in [0.4, 0.5) is 5.82 Å². The van der Waals surface area contributed by atoms with Crippen molar-refractivity contribution in [2.24, 2.45) is 5.92 Å². The number of aromatic nitrogens is 2. The van der Waals surface area contributed by atoms with Crippen LogP contribution in [0.5, 0.6) is 11.5 Å². The maximum absolute atomic E-state index is 12.1. The van der Waals surface area contributed by atoms with Crippen molar-refractivity contribution in [2.75, 3.05) is 18.5 Å². The van der Waals surface area contributed by atoms with Gasteiger partial charge < -0.3 is 14.8 Å². The third-order valence-electron chi connectivity index (χ3n) is 3.48. The Morgan fingerprint density at radius 1 is 1.20 bits per heavy atom. The van der Waals surface area contributed by atoms with E-state index in [4.69, 9.17) is 9.47 Å². The van der Waals surface area contributed by atoms with E-state index in [1.54, 1.807) is 6.20 Å². The Bertz CT molecular complexity index is 667. The van der Waals surface area contributed by atoms with Gasteiger partial charge in [0.15, 0.2) is 11.5 Å². The Balaban J connectivity index is 1.75. The standard InChI is InChI=1S/C19H27N3O3/c1-4-24-16-8-5-6-9-17(16)25-13-7-10-19(23)21-18-11-12-20-22(18)14-15(2)3/h5-6,8-9,11-12,15H,4,7,10,13-14H2,1-3H3,(H,21,23). The summed E-state index contributed by atoms with van der Waals surface area (Å²) >= 11 is 0. The monoisotopic (exact) mass is 345 g/mol. The zero-order valence-electron chi connectivity index (χ0n) is 15.2. The maximum Gasteiger partial charge on any atom is 0.225 e. The molecule has 0 spiro atoms. The average Bonchev–Trinajstić information content (AvgIpc) is 2.99. The molecule has 2 aromatic rings. The van der Waals surface area contributed by atoms with Gasteiger partial charge in [0.1, 0.15) is 5.82 Å². The van der Waals surface area contributed by atoms with E-state index in [-0.39, 0.29) is 5.91 Å². The van der Waals surface area contributed by atoms with Crippen LogP contribution in [0.25, 0.3) is 0 Å². The van der Waals surface area contributed by atoms with Gasteiger partial charge in [-0.15, -0.1) is 0 Å². The van der Waals surface area contributed by atoms with Gasteiger partial charge in [0.05, 0.1) is 19.4 Å². The lowest BCUT2D eigenvalue weighted by molar-refractivity contribution is -0.116. The quantitative estimate of drug-likeness (QED) is 0.666. The summed E-state index contributed by atoms with van der Waals surface area (Å²) in [7, 11) is 0. The Kier molecular flexibility index (Phi) is 7.32. The minimum absolute atomic E-state index is 0.0350. The Hall–Kier alpha value is -2.50. The van der Waals surface area contributed by atoms with E-state index in [0.29, 0.717) is 37.7 Å². The number of carbonyl (C=O) groups excluding carboxylic acids is 1. The van der Waals surface area contributed by atoms with E-state index >= 15 is 0 Å². The van der Waals surface area contributed by atoms with Crippen molar-refractivity contribution in [3.05, 3.63) is 36.5 Å². The highest BCUT2D eigenvalue weighted by Gasteiger charge is 2.09. The van der Waals surface area contributed by atoms with E-state index < -0.39 is 0 Å². The first-order valence-electron chi connectivity index (χ1n) is 8.76. The number of rotatable bonds is 10. The summed E-state index contributed by atoms with van der Waals surface area (Å²) in [6, 6.07) is 9.37. The van der Waals surface area contributed by atoms with Crippen LogP contribution in [0.15, 0.2) is 36.5 Å². The summed E-state index contributed by atoms with van der Waals surface area (Å²) in [6.07, 6.45) is 2.72. The van der Waals surface area contributed by atoms with Gasteiger partial charge in [-0.2, -0.15) is 5.10 Å². The first-order chi connectivity index (χ1) is 12.1. The largest absolute Gasteiger partial charge is 0.490 e. The van der Waals surface area contributed by atoms with Gasteiger partial charge in [-0.25, -0.2) is 4.68 Å². The lowest BCUT2D eigenvalue weighted by Crippen LogP contribution is -2.17. The Labute approximate surface area is 149 Å². The first-order valence-corrected chi connectivity index (χ1v) is 8.76. The lowest BCUT2D eigenvalue weighted by Gasteiger charge is -2.12. The second kappa shape index (κ2) is 9.71. The molecule has 0 radical (unpaired) electrons. The molecule has 1 aromatic heterocycles. The summed E-state index contributed by atoms with van der Waals surface area (Å²) in [5.74, 6) is 2.61. The molecule has 0 unspecified atom stereocenters. The highest BCUT2D eigenvalue weighted by atomic mass is 16.5. The van der Waals surface area contributed by atoms with E-state index in [1.807, 2.05) is 41.9 Å². The number of ether oxygens (including phenoxy) is 2. The molecule has 2 rings (SSSR count). The number of nitrogens with zero attached hydrogens (tertiary/aromatic N) is 2. The number of anilines is 1. The number of nitrogens with one attached hydrogen (secondary N) is 1. The van der Waals surface area contributed by atoms with E-state index in [9.17, 15) is 4.79 Å². The minimum atomic E-state index is -0.0350. The molecule has 0 aliphatic heterocycles. The summed E-state index contributed by atoms with van der Waals surface area (Å²) < 4.78 is 13.1. The third kappa shape index (κ3) is 6.14. The van der Waals surface area contributed by atoms with Crippen molar-refractivity contribution in [1.82, 2.24) is 9.78 Å². The molecule has 0 atom stereocenters. The van der Waals surface area contributed by atoms with Crippen molar-refractivity contribution in [2.45, 2.75) is 40.2 Å². The topological polar surface area (TPSA) is 65.4 Å². The molecule has 0 saturated heterocycles. The molecule has 25 heavy (non-hydrogen) atoms. The zero-order valence-corrected chi connectivity index (χ0v) is 15.2. The van der Waals surface area contributed by atoms with E-state index in [2.05, 4.69) is 24.3 Å². The fraction of sp³-hybridized carbons (Fsp3) is 0.474. The van der Waals surface area contributed by atoms with Crippen LogP contribution >= 0.6 is 0 Å². The molecule has 1 aromatic carbocycles. The minimum Gasteiger partial charge on any atom is -0.490 e. The summed E-state index contributed by atoms with van der Waals surface area (Å²) in [5, 5.41) is 7.14. The summed E-state index contributed by atoms with van der Waals surface area (Å²) in [5.41, 5.74) is 0. The molecule has 0 aliphatic rings. The molecular weight excluding hydrogens is 318 g/mol. The van der Waals surface area contributed by atoms with Crippen molar-refractivity contribution >= 4 is 11.7 Å². The van der Waals surface area contributed by atoms with Gasteiger partial charge in [-0.1, -0.05) is 26.0 Å². The first kappa shape index (κ1) is 18.8. The number of benzene rings is 1. The SMILES string of the molecule is CCOc1ccccc1OCCCC(=O)Nc1ccnn1CC(C)C. The normalized spacial score (nSPS) is 10.7. The molecule has 1 heterocycles. The van der Waals surface area contributed by atoms with Gasteiger partial charge in [0, 0.05) is 19.0 Å². The van der Waals surface area contributed by atoms with E-state index in [0.717, 1.165) is 18.1 Å². The van der Waals surface area contributed by atoms with Crippen LogP contribution in [-0.2, 0) is 11.3 Å². The van der Waals surface area contributed by atoms with Crippen molar-refractivity contribution < 1.29 is 14.3 Å². The number of hydrogen-bond donors (Lipinski definition) is 1. The molecule has 6 nitrogen and oxygen atoms in total. The van der Waals surface area contributed by atoms with Crippen molar-refractivity contribution in [3.8, 4) is 11.5 Å². The molecule has 1 N–H and O–H groups in total. The fourth-order valence-corrected chi connectivity index (χ4v) is 2.39. The maximum atomic E-state index is 12.1. The average molecular weight is 345 g/mol. The number of para-hydroxylation sites is 2. The zero-order chi connectivity index (χ0) is 18.1. The molecule has 6 heteroatoms. The third-order valence-corrected chi connectivity index (χ3v) is 3.48. The Morgan fingerprint density at radius 3 is 2.60 bits per heavy atom. The molecule has 0 saturated carbocycles. The molecule has 136 valence electrons. The smallest absolute Gasteiger partial charge is 0.225 e. The van der Waals surface area contributed by atoms with Crippen LogP contribution < -0.4 is 14.8 Å². The lowest BCUT2D eigenvalue weighted by atomic mass is 10.2. The van der Waals surface area contributed by atoms with Crippen LogP contribution in [0, 0.1) is 5.92 Å². The van der Waals surface area contributed by atoms with Gasteiger partial charge >= 0.3 is 0 Å². The van der Waals surface area contributed by atoms with Crippen molar-refractivity contribution in [1.29, 1.82) is 0 Å². The Morgan fingerprint density at radius 2 is 1.92 bits per heavy atom. The summed E-state index contributed by atoms with van der Waals surface area (Å²) in [4.78, 5) is 12.1. The fourth-order valence-electron chi connectivity index (χ4n) is 2.39. The predicted molar refractivity (Wildman–Crippen MR) is 98.0 cm³/mol. The highest BCUT2D eigenvalue weighted by molar-refractivity contribution is 5.89. The van der Waals surface area contributed by atoms with Crippen LogP contribution in [0.1, 0.15) is 33.6 Å². The molecule has 0 aliphatic carbocycles. The van der Waals surface area contributed by atoms with Crippen molar-refractivity contribution in [3.63, 3.8) is 0 Å². The number of carbonyl (C=O) groups is 1. The molecule has 1 amide bonds. The van der Waals surface area contributed by atoms with Gasteiger partial charge in [0.25, 0.3) is 0 Å². The van der Waals surface area contributed by atoms with Crippen LogP contribution in [-0.4, -0.2) is 28.9 Å². The van der Waals surface area contributed by atoms with Gasteiger partial charge in [-0.05, 0) is 31.4 Å². The molecular formula is C19H27N3O3. The summed E-state index contributed by atoms with van der Waals surface area (Å²) in [6.45, 7) is 8.00. The van der Waals surface area contributed by atoms with E-state index in [1.165, 1.54) is 0 Å². The van der Waals surface area contributed by atoms with Crippen LogP contribution in [0.3, 0.4) is 0 Å². The predicted octanol–water partition coefficient (Wildman–Crippen LogP) is 3.74.